The van der Waals surface area contributed by atoms with Crippen molar-refractivity contribution in [2.75, 3.05) is 65.4 Å². The van der Waals surface area contributed by atoms with Crippen LogP contribution >= 0.6 is 0 Å². The summed E-state index contributed by atoms with van der Waals surface area (Å²) < 4.78 is 40.0. The number of amides is 1. The van der Waals surface area contributed by atoms with Gasteiger partial charge in [0.1, 0.15) is 5.82 Å². The lowest BCUT2D eigenvalue weighted by atomic mass is 9.89. The van der Waals surface area contributed by atoms with Crippen molar-refractivity contribution in [3.05, 3.63) is 30.1 Å². The smallest absolute Gasteiger partial charge is 0.243 e. The van der Waals surface area contributed by atoms with E-state index in [9.17, 15) is 17.6 Å². The Morgan fingerprint density at radius 3 is 2.06 bits per heavy atom. The Kier molecular flexibility index (Phi) is 7.81. The third-order valence-electron chi connectivity index (χ3n) is 7.11. The molecule has 0 spiro atoms. The van der Waals surface area contributed by atoms with Gasteiger partial charge in [-0.3, -0.25) is 9.69 Å². The lowest BCUT2D eigenvalue weighted by Crippen LogP contribution is -2.54. The number of sulfonamides is 1. The van der Waals surface area contributed by atoms with Crippen LogP contribution in [0.25, 0.3) is 0 Å². The number of piperazine rings is 2. The third-order valence-corrected chi connectivity index (χ3v) is 9.02. The Balaban J connectivity index is 1.20. The fourth-order valence-corrected chi connectivity index (χ4v) is 6.51. The van der Waals surface area contributed by atoms with Crippen LogP contribution in [0.2, 0.25) is 0 Å². The first kappa shape index (κ1) is 23.6. The lowest BCUT2D eigenvalue weighted by molar-refractivity contribution is -0.134. The van der Waals surface area contributed by atoms with Crippen molar-refractivity contribution in [1.82, 2.24) is 19.0 Å². The molecule has 1 saturated carbocycles. The van der Waals surface area contributed by atoms with E-state index in [1.54, 1.807) is 4.90 Å². The summed E-state index contributed by atoms with van der Waals surface area (Å²) in [6.45, 7) is 6.78. The van der Waals surface area contributed by atoms with Crippen molar-refractivity contribution in [2.24, 2.45) is 5.92 Å². The molecule has 3 fully saturated rings. The van der Waals surface area contributed by atoms with Crippen LogP contribution < -0.4 is 0 Å². The van der Waals surface area contributed by atoms with E-state index in [1.165, 1.54) is 55.1 Å². The maximum Gasteiger partial charge on any atom is 0.243 e. The quantitative estimate of drug-likeness (QED) is 0.640. The van der Waals surface area contributed by atoms with Crippen LogP contribution in [-0.2, 0) is 14.8 Å². The Hall–Kier alpha value is -1.55. The zero-order valence-electron chi connectivity index (χ0n) is 18.8. The summed E-state index contributed by atoms with van der Waals surface area (Å²) in [7, 11) is -3.66. The topological polar surface area (TPSA) is 64.2 Å². The maximum absolute atomic E-state index is 13.1. The number of benzene rings is 1. The first-order valence-corrected chi connectivity index (χ1v) is 13.3. The minimum atomic E-state index is -3.66. The SMILES string of the molecule is O=C(CN1CCN(CC2CCCCC2)CC1)N1CCN(S(=O)(=O)c2ccc(F)cc2)CC1. The van der Waals surface area contributed by atoms with E-state index in [0.29, 0.717) is 19.6 Å². The molecule has 2 aliphatic heterocycles. The van der Waals surface area contributed by atoms with Crippen molar-refractivity contribution in [3.63, 3.8) is 0 Å². The molecule has 178 valence electrons. The van der Waals surface area contributed by atoms with Gasteiger partial charge in [0.15, 0.2) is 0 Å². The highest BCUT2D eigenvalue weighted by atomic mass is 32.2. The highest BCUT2D eigenvalue weighted by Gasteiger charge is 2.31. The first-order chi connectivity index (χ1) is 15.4. The highest BCUT2D eigenvalue weighted by molar-refractivity contribution is 7.89. The van der Waals surface area contributed by atoms with Crippen molar-refractivity contribution in [1.29, 1.82) is 0 Å². The van der Waals surface area contributed by atoms with Gasteiger partial charge in [0.25, 0.3) is 0 Å². The van der Waals surface area contributed by atoms with Gasteiger partial charge in [-0.1, -0.05) is 19.3 Å². The highest BCUT2D eigenvalue weighted by Crippen LogP contribution is 2.25. The van der Waals surface area contributed by atoms with Gasteiger partial charge in [-0.2, -0.15) is 4.31 Å². The molecule has 2 heterocycles. The number of halogens is 1. The van der Waals surface area contributed by atoms with E-state index in [2.05, 4.69) is 9.80 Å². The van der Waals surface area contributed by atoms with E-state index < -0.39 is 15.8 Å². The van der Waals surface area contributed by atoms with Gasteiger partial charge in [0, 0.05) is 58.9 Å². The fourth-order valence-electron chi connectivity index (χ4n) is 5.09. The minimum absolute atomic E-state index is 0.0737. The van der Waals surface area contributed by atoms with E-state index in [4.69, 9.17) is 0 Å². The van der Waals surface area contributed by atoms with Crippen LogP contribution in [0, 0.1) is 11.7 Å². The van der Waals surface area contributed by atoms with Crippen LogP contribution in [0.5, 0.6) is 0 Å². The van der Waals surface area contributed by atoms with E-state index in [0.717, 1.165) is 44.2 Å². The maximum atomic E-state index is 13.1. The van der Waals surface area contributed by atoms with Gasteiger partial charge in [-0.05, 0) is 43.0 Å². The summed E-state index contributed by atoms with van der Waals surface area (Å²) in [5.74, 6) is 0.457. The molecule has 1 aliphatic carbocycles. The molecule has 1 aromatic rings. The zero-order valence-corrected chi connectivity index (χ0v) is 19.6. The molecule has 32 heavy (non-hydrogen) atoms. The number of carbonyl (C=O) groups excluding carboxylic acids is 1. The largest absolute Gasteiger partial charge is 0.339 e. The van der Waals surface area contributed by atoms with Crippen molar-refractivity contribution < 1.29 is 17.6 Å². The second-order valence-corrected chi connectivity index (χ2v) is 11.3. The summed E-state index contributed by atoms with van der Waals surface area (Å²) >= 11 is 0. The first-order valence-electron chi connectivity index (χ1n) is 11.9. The molecule has 2 saturated heterocycles. The van der Waals surface area contributed by atoms with E-state index in [-0.39, 0.29) is 23.9 Å². The molecule has 1 amide bonds. The molecule has 0 aromatic heterocycles. The van der Waals surface area contributed by atoms with Gasteiger partial charge in [-0.15, -0.1) is 0 Å². The fraction of sp³-hybridized carbons (Fsp3) is 0.696. The molecule has 0 N–H and O–H groups in total. The third kappa shape index (κ3) is 5.87. The standard InChI is InChI=1S/C23H35FN4O3S/c24-21-6-8-22(9-7-21)32(30,31)28-16-14-27(15-17-28)23(29)19-26-12-10-25(11-13-26)18-20-4-2-1-3-5-20/h6-9,20H,1-5,10-19H2. The summed E-state index contributed by atoms with van der Waals surface area (Å²) in [6, 6.07) is 4.88. The molecule has 9 heteroatoms. The molecule has 4 rings (SSSR count). The van der Waals surface area contributed by atoms with Crippen LogP contribution in [0.3, 0.4) is 0 Å². The summed E-state index contributed by atoms with van der Waals surface area (Å²) in [4.78, 5) is 19.4. The van der Waals surface area contributed by atoms with Crippen LogP contribution in [0.15, 0.2) is 29.2 Å². The van der Waals surface area contributed by atoms with Gasteiger partial charge in [0.2, 0.25) is 15.9 Å². The Labute approximate surface area is 191 Å². The number of hydrogen-bond acceptors (Lipinski definition) is 5. The summed E-state index contributed by atoms with van der Waals surface area (Å²) in [6.07, 6.45) is 6.86. The van der Waals surface area contributed by atoms with Gasteiger partial charge in [-0.25, -0.2) is 12.8 Å². The summed E-state index contributed by atoms with van der Waals surface area (Å²) in [5, 5.41) is 0. The van der Waals surface area contributed by atoms with Crippen molar-refractivity contribution in [2.45, 2.75) is 37.0 Å². The number of nitrogens with zero attached hydrogens (tertiary/aromatic N) is 4. The molecular weight excluding hydrogens is 431 g/mol. The number of carbonyl (C=O) groups is 1. The van der Waals surface area contributed by atoms with E-state index in [1.807, 2.05) is 0 Å². The van der Waals surface area contributed by atoms with Crippen LogP contribution in [0.1, 0.15) is 32.1 Å². The average Bonchev–Trinajstić information content (AvgIpc) is 2.81. The molecule has 0 bridgehead atoms. The van der Waals surface area contributed by atoms with Crippen LogP contribution in [-0.4, -0.2) is 98.8 Å². The van der Waals surface area contributed by atoms with Crippen molar-refractivity contribution in [3.8, 4) is 0 Å². The number of rotatable bonds is 6. The molecule has 1 aromatic carbocycles. The summed E-state index contributed by atoms with van der Waals surface area (Å²) in [5.41, 5.74) is 0. The van der Waals surface area contributed by atoms with Gasteiger partial charge in [0.05, 0.1) is 11.4 Å². The van der Waals surface area contributed by atoms with Crippen LogP contribution in [0.4, 0.5) is 4.39 Å². The second kappa shape index (κ2) is 10.6. The average molecular weight is 467 g/mol. The van der Waals surface area contributed by atoms with Gasteiger partial charge < -0.3 is 9.80 Å². The molecular formula is C23H35FN4O3S. The minimum Gasteiger partial charge on any atom is -0.339 e. The molecule has 7 nitrogen and oxygen atoms in total. The Bertz CT molecular complexity index is 858. The molecule has 3 aliphatic rings. The molecule has 0 radical (unpaired) electrons. The monoisotopic (exact) mass is 466 g/mol. The zero-order chi connectivity index (χ0) is 22.6. The predicted molar refractivity (Wildman–Crippen MR) is 121 cm³/mol. The second-order valence-electron chi connectivity index (χ2n) is 9.32. The molecule has 0 atom stereocenters. The Morgan fingerprint density at radius 1 is 0.844 bits per heavy atom. The predicted octanol–water partition coefficient (Wildman–Crippen LogP) is 1.86. The lowest BCUT2D eigenvalue weighted by Gasteiger charge is -2.38. The normalized spacial score (nSPS) is 22.8. The number of hydrogen-bond donors (Lipinski definition) is 0. The van der Waals surface area contributed by atoms with Crippen molar-refractivity contribution >= 4 is 15.9 Å². The van der Waals surface area contributed by atoms with E-state index >= 15 is 0 Å². The molecule has 0 unspecified atom stereocenters. The Morgan fingerprint density at radius 2 is 1.44 bits per heavy atom. The van der Waals surface area contributed by atoms with Gasteiger partial charge >= 0.3 is 0 Å².